The van der Waals surface area contributed by atoms with Gasteiger partial charge in [-0.25, -0.2) is 4.79 Å². The number of carbonyl (C=O) groups is 1. The number of rotatable bonds is 7. The number of anilines is 1. The molecule has 0 spiro atoms. The molecule has 0 bridgehead atoms. The number of aryl methyl sites for hydroxylation is 2. The molecule has 0 saturated heterocycles. The molecule has 3 nitrogen and oxygen atoms in total. The van der Waals surface area contributed by atoms with Gasteiger partial charge < -0.3 is 10.6 Å². The van der Waals surface area contributed by atoms with Gasteiger partial charge in [-0.3, -0.25) is 0 Å². The summed E-state index contributed by atoms with van der Waals surface area (Å²) in [5.41, 5.74) is 4.64. The molecule has 0 atom stereocenters. The third kappa shape index (κ3) is 6.15. The fourth-order valence-corrected chi connectivity index (χ4v) is 2.50. The minimum atomic E-state index is -0.154. The minimum absolute atomic E-state index is 0.154. The van der Waals surface area contributed by atoms with E-state index in [0.717, 1.165) is 18.5 Å². The molecule has 0 aliphatic heterocycles. The first-order valence-electron chi connectivity index (χ1n) is 8.36. The van der Waals surface area contributed by atoms with Crippen molar-refractivity contribution in [2.24, 2.45) is 0 Å². The Morgan fingerprint density at radius 3 is 2.48 bits per heavy atom. The highest BCUT2D eigenvalue weighted by molar-refractivity contribution is 5.89. The van der Waals surface area contributed by atoms with Gasteiger partial charge >= 0.3 is 6.03 Å². The maximum atomic E-state index is 11.9. The minimum Gasteiger partial charge on any atom is -0.338 e. The first-order chi connectivity index (χ1) is 11.2. The van der Waals surface area contributed by atoms with Crippen molar-refractivity contribution >= 4 is 11.7 Å². The molecule has 0 fully saturated rings. The largest absolute Gasteiger partial charge is 0.338 e. The smallest absolute Gasteiger partial charge is 0.319 e. The lowest BCUT2D eigenvalue weighted by atomic mass is 10.1. The predicted octanol–water partition coefficient (Wildman–Crippen LogP) is 4.70. The Labute approximate surface area is 139 Å². The number of amides is 2. The molecule has 0 radical (unpaired) electrons. The van der Waals surface area contributed by atoms with E-state index >= 15 is 0 Å². The van der Waals surface area contributed by atoms with Crippen LogP contribution in [0, 0.1) is 6.92 Å². The van der Waals surface area contributed by atoms with Crippen LogP contribution in [0.25, 0.3) is 0 Å². The average molecular weight is 310 g/mol. The molecule has 0 aliphatic rings. The Morgan fingerprint density at radius 2 is 1.78 bits per heavy atom. The predicted molar refractivity (Wildman–Crippen MR) is 97.0 cm³/mol. The topological polar surface area (TPSA) is 41.1 Å². The summed E-state index contributed by atoms with van der Waals surface area (Å²) in [6.07, 6.45) is 4.33. The van der Waals surface area contributed by atoms with Gasteiger partial charge in [0.25, 0.3) is 0 Å². The number of carbonyl (C=O) groups excluding carboxylic acids is 1. The van der Waals surface area contributed by atoms with Gasteiger partial charge in [-0.15, -0.1) is 0 Å². The monoisotopic (exact) mass is 310 g/mol. The number of nitrogens with one attached hydrogen (secondary N) is 2. The zero-order valence-electron chi connectivity index (χ0n) is 14.1. The summed E-state index contributed by atoms with van der Waals surface area (Å²) in [6, 6.07) is 16.3. The molecule has 0 aliphatic carbocycles. The molecule has 3 heteroatoms. The lowest BCUT2D eigenvalue weighted by Crippen LogP contribution is -2.30. The standard InChI is InChI=1S/C20H26N2O/c1-3-4-7-17-9-11-19(12-10-17)22-20(23)21-14-13-18-8-5-6-16(2)15-18/h5-6,8-12,15H,3-4,7,13-14H2,1-2H3,(H2,21,22,23). The van der Waals surface area contributed by atoms with Crippen LogP contribution in [0.4, 0.5) is 10.5 Å². The molecule has 2 aromatic carbocycles. The zero-order valence-corrected chi connectivity index (χ0v) is 14.1. The van der Waals surface area contributed by atoms with Crippen molar-refractivity contribution in [1.29, 1.82) is 0 Å². The van der Waals surface area contributed by atoms with Crippen molar-refractivity contribution in [2.75, 3.05) is 11.9 Å². The molecule has 0 saturated carbocycles. The number of benzene rings is 2. The van der Waals surface area contributed by atoms with Crippen LogP contribution in [0.2, 0.25) is 0 Å². The first kappa shape index (κ1) is 17.1. The summed E-state index contributed by atoms with van der Waals surface area (Å²) in [6.45, 7) is 4.90. The highest BCUT2D eigenvalue weighted by Gasteiger charge is 2.02. The van der Waals surface area contributed by atoms with Crippen LogP contribution in [0.5, 0.6) is 0 Å². The van der Waals surface area contributed by atoms with Gasteiger partial charge in [0.05, 0.1) is 0 Å². The van der Waals surface area contributed by atoms with Gasteiger partial charge in [0, 0.05) is 12.2 Å². The fraction of sp³-hybridized carbons (Fsp3) is 0.350. The SMILES string of the molecule is CCCCc1ccc(NC(=O)NCCc2cccc(C)c2)cc1. The van der Waals surface area contributed by atoms with Crippen LogP contribution in [-0.4, -0.2) is 12.6 Å². The number of hydrogen-bond acceptors (Lipinski definition) is 1. The van der Waals surface area contributed by atoms with Gasteiger partial charge in [0.2, 0.25) is 0 Å². The van der Waals surface area contributed by atoms with Gasteiger partial charge in [-0.2, -0.15) is 0 Å². The molecule has 0 aromatic heterocycles. The van der Waals surface area contributed by atoms with Crippen LogP contribution in [0.3, 0.4) is 0 Å². The Balaban J connectivity index is 1.74. The van der Waals surface area contributed by atoms with Crippen molar-refractivity contribution in [3.05, 3.63) is 65.2 Å². The van der Waals surface area contributed by atoms with E-state index in [1.807, 2.05) is 18.2 Å². The van der Waals surface area contributed by atoms with Crippen molar-refractivity contribution in [3.63, 3.8) is 0 Å². The average Bonchev–Trinajstić information content (AvgIpc) is 2.54. The Morgan fingerprint density at radius 1 is 1.00 bits per heavy atom. The second-order valence-corrected chi connectivity index (χ2v) is 5.92. The fourth-order valence-electron chi connectivity index (χ4n) is 2.50. The van der Waals surface area contributed by atoms with Gasteiger partial charge in [0.1, 0.15) is 0 Å². The van der Waals surface area contributed by atoms with E-state index in [2.05, 4.69) is 54.8 Å². The Bertz CT molecular complexity index is 620. The first-order valence-corrected chi connectivity index (χ1v) is 8.36. The maximum absolute atomic E-state index is 11.9. The maximum Gasteiger partial charge on any atom is 0.319 e. The summed E-state index contributed by atoms with van der Waals surface area (Å²) >= 11 is 0. The molecule has 23 heavy (non-hydrogen) atoms. The molecule has 0 unspecified atom stereocenters. The highest BCUT2D eigenvalue weighted by atomic mass is 16.2. The van der Waals surface area contributed by atoms with Gasteiger partial charge in [0.15, 0.2) is 0 Å². The number of urea groups is 1. The van der Waals surface area contributed by atoms with Crippen LogP contribution >= 0.6 is 0 Å². The third-order valence-corrected chi connectivity index (χ3v) is 3.81. The molecule has 2 N–H and O–H groups in total. The van der Waals surface area contributed by atoms with E-state index in [4.69, 9.17) is 0 Å². The molecule has 122 valence electrons. The van der Waals surface area contributed by atoms with E-state index in [1.54, 1.807) is 0 Å². The molecular formula is C20H26N2O. The summed E-state index contributed by atoms with van der Waals surface area (Å²) < 4.78 is 0. The van der Waals surface area contributed by atoms with Crippen LogP contribution < -0.4 is 10.6 Å². The number of hydrogen-bond donors (Lipinski definition) is 2. The molecule has 0 heterocycles. The van der Waals surface area contributed by atoms with Crippen molar-refractivity contribution in [3.8, 4) is 0 Å². The Kier molecular flexibility index (Phi) is 6.67. The zero-order chi connectivity index (χ0) is 16.5. The molecule has 2 aromatic rings. The van der Waals surface area contributed by atoms with E-state index in [1.165, 1.54) is 29.5 Å². The normalized spacial score (nSPS) is 10.3. The second kappa shape index (κ2) is 8.99. The van der Waals surface area contributed by atoms with Crippen LogP contribution in [0.1, 0.15) is 36.5 Å². The van der Waals surface area contributed by atoms with Gasteiger partial charge in [-0.05, 0) is 49.4 Å². The van der Waals surface area contributed by atoms with E-state index < -0.39 is 0 Å². The van der Waals surface area contributed by atoms with Crippen molar-refractivity contribution in [2.45, 2.75) is 39.5 Å². The summed E-state index contributed by atoms with van der Waals surface area (Å²) in [5, 5.41) is 5.77. The van der Waals surface area contributed by atoms with Crippen LogP contribution in [-0.2, 0) is 12.8 Å². The quantitative estimate of drug-likeness (QED) is 0.764. The molecule has 2 rings (SSSR count). The lowest BCUT2D eigenvalue weighted by Gasteiger charge is -2.09. The van der Waals surface area contributed by atoms with Crippen LogP contribution in [0.15, 0.2) is 48.5 Å². The van der Waals surface area contributed by atoms with E-state index in [9.17, 15) is 4.79 Å². The molecular weight excluding hydrogens is 284 g/mol. The van der Waals surface area contributed by atoms with E-state index in [-0.39, 0.29) is 6.03 Å². The number of unbranched alkanes of at least 4 members (excludes halogenated alkanes) is 1. The Hall–Kier alpha value is -2.29. The summed E-state index contributed by atoms with van der Waals surface area (Å²) in [5.74, 6) is 0. The second-order valence-electron chi connectivity index (χ2n) is 5.92. The van der Waals surface area contributed by atoms with E-state index in [0.29, 0.717) is 6.54 Å². The third-order valence-electron chi connectivity index (χ3n) is 3.81. The molecule has 2 amide bonds. The highest BCUT2D eigenvalue weighted by Crippen LogP contribution is 2.11. The van der Waals surface area contributed by atoms with Crippen molar-refractivity contribution in [1.82, 2.24) is 5.32 Å². The van der Waals surface area contributed by atoms with Gasteiger partial charge in [-0.1, -0.05) is 55.3 Å². The lowest BCUT2D eigenvalue weighted by molar-refractivity contribution is 0.252. The van der Waals surface area contributed by atoms with Crippen molar-refractivity contribution < 1.29 is 4.79 Å². The summed E-state index contributed by atoms with van der Waals surface area (Å²) in [7, 11) is 0. The summed E-state index contributed by atoms with van der Waals surface area (Å²) in [4.78, 5) is 11.9.